The summed E-state index contributed by atoms with van der Waals surface area (Å²) < 4.78 is 1.60. The van der Waals surface area contributed by atoms with Crippen LogP contribution in [0.4, 0.5) is 0 Å². The molecule has 138 valence electrons. The molecule has 0 bridgehead atoms. The summed E-state index contributed by atoms with van der Waals surface area (Å²) in [7, 11) is 0. The minimum absolute atomic E-state index is 0.128. The first-order valence-corrected chi connectivity index (χ1v) is 8.86. The van der Waals surface area contributed by atoms with E-state index < -0.39 is 5.91 Å². The molecule has 3 aromatic rings. The standard InChI is InChI=1S/C19H16Cl2N4O2/c20-16-7-5-13(6-8-16)9-18(26)23-24-19(27)15-10-22-25(12-15)11-14-3-1-2-4-17(14)21/h1-8,10,12H,9,11H2,(H,23,26)(H,24,27). The third kappa shape index (κ3) is 5.32. The van der Waals surface area contributed by atoms with Crippen molar-refractivity contribution in [3.05, 3.63) is 87.7 Å². The number of nitrogens with one attached hydrogen (secondary N) is 2. The Bertz CT molecular complexity index is 954. The Morgan fingerprint density at radius 1 is 1.00 bits per heavy atom. The molecule has 0 saturated heterocycles. The van der Waals surface area contributed by atoms with Crippen molar-refractivity contribution < 1.29 is 9.59 Å². The molecule has 1 aromatic heterocycles. The average molecular weight is 403 g/mol. The maximum atomic E-state index is 12.2. The lowest BCUT2D eigenvalue weighted by Gasteiger charge is -2.06. The molecule has 0 saturated carbocycles. The van der Waals surface area contributed by atoms with Crippen LogP contribution in [0.1, 0.15) is 21.5 Å². The summed E-state index contributed by atoms with van der Waals surface area (Å²) in [6.45, 7) is 0.440. The summed E-state index contributed by atoms with van der Waals surface area (Å²) in [5, 5.41) is 5.38. The number of carbonyl (C=O) groups is 2. The second-order valence-electron chi connectivity index (χ2n) is 5.82. The van der Waals surface area contributed by atoms with Crippen LogP contribution in [-0.4, -0.2) is 21.6 Å². The SMILES string of the molecule is O=C(Cc1ccc(Cl)cc1)NNC(=O)c1cnn(Cc2ccccc2Cl)c1. The van der Waals surface area contributed by atoms with Gasteiger partial charge in [0.2, 0.25) is 5.91 Å². The Morgan fingerprint density at radius 2 is 1.74 bits per heavy atom. The Kier molecular flexibility index (Phi) is 6.11. The highest BCUT2D eigenvalue weighted by atomic mass is 35.5. The molecule has 3 rings (SSSR count). The lowest BCUT2D eigenvalue weighted by molar-refractivity contribution is -0.121. The summed E-state index contributed by atoms with van der Waals surface area (Å²) in [5.41, 5.74) is 6.77. The molecular weight excluding hydrogens is 387 g/mol. The van der Waals surface area contributed by atoms with Crippen LogP contribution in [0.5, 0.6) is 0 Å². The predicted octanol–water partition coefficient (Wildman–Crippen LogP) is 3.24. The summed E-state index contributed by atoms with van der Waals surface area (Å²) in [4.78, 5) is 24.1. The molecule has 2 amide bonds. The molecule has 0 aliphatic rings. The molecule has 0 aliphatic heterocycles. The number of benzene rings is 2. The summed E-state index contributed by atoms with van der Waals surface area (Å²) in [5.74, 6) is -0.793. The van der Waals surface area contributed by atoms with Gasteiger partial charge in [-0.15, -0.1) is 0 Å². The highest BCUT2D eigenvalue weighted by molar-refractivity contribution is 6.31. The maximum absolute atomic E-state index is 12.2. The second-order valence-corrected chi connectivity index (χ2v) is 6.67. The predicted molar refractivity (Wildman–Crippen MR) is 104 cm³/mol. The second kappa shape index (κ2) is 8.70. The van der Waals surface area contributed by atoms with Crippen LogP contribution >= 0.6 is 23.2 Å². The first-order chi connectivity index (χ1) is 13.0. The number of hydrogen-bond donors (Lipinski definition) is 2. The van der Waals surface area contributed by atoms with Crippen LogP contribution in [-0.2, 0) is 17.8 Å². The average Bonchev–Trinajstić information content (AvgIpc) is 3.12. The molecule has 27 heavy (non-hydrogen) atoms. The normalized spacial score (nSPS) is 10.4. The Morgan fingerprint density at radius 3 is 2.48 bits per heavy atom. The highest BCUT2D eigenvalue weighted by Crippen LogP contribution is 2.16. The minimum Gasteiger partial charge on any atom is -0.273 e. The molecule has 0 spiro atoms. The molecule has 2 aromatic carbocycles. The Labute approximate surface area is 166 Å². The molecule has 0 atom stereocenters. The van der Waals surface area contributed by atoms with Crippen molar-refractivity contribution in [3.8, 4) is 0 Å². The molecule has 0 fully saturated rings. The van der Waals surface area contributed by atoms with Gasteiger partial charge in [0, 0.05) is 16.2 Å². The van der Waals surface area contributed by atoms with E-state index in [1.807, 2.05) is 18.2 Å². The van der Waals surface area contributed by atoms with E-state index in [2.05, 4.69) is 16.0 Å². The van der Waals surface area contributed by atoms with E-state index in [0.717, 1.165) is 11.1 Å². The van der Waals surface area contributed by atoms with E-state index >= 15 is 0 Å². The third-order valence-electron chi connectivity index (χ3n) is 3.78. The van der Waals surface area contributed by atoms with Gasteiger partial charge in [-0.05, 0) is 29.3 Å². The van der Waals surface area contributed by atoms with Crippen LogP contribution in [0.3, 0.4) is 0 Å². The zero-order valence-corrected chi connectivity index (χ0v) is 15.7. The summed E-state index contributed by atoms with van der Waals surface area (Å²) >= 11 is 11.9. The van der Waals surface area contributed by atoms with E-state index in [4.69, 9.17) is 23.2 Å². The fourth-order valence-electron chi connectivity index (χ4n) is 2.40. The zero-order valence-electron chi connectivity index (χ0n) is 14.2. The molecule has 1 heterocycles. The number of rotatable bonds is 5. The molecule has 0 aliphatic carbocycles. The van der Waals surface area contributed by atoms with E-state index in [1.54, 1.807) is 41.2 Å². The molecule has 0 radical (unpaired) electrons. The van der Waals surface area contributed by atoms with Crippen molar-refractivity contribution in [2.75, 3.05) is 0 Å². The van der Waals surface area contributed by atoms with Gasteiger partial charge in [0.05, 0.1) is 24.7 Å². The summed E-state index contributed by atoms with van der Waals surface area (Å²) in [6, 6.07) is 14.3. The van der Waals surface area contributed by atoms with Crippen molar-refractivity contribution in [2.24, 2.45) is 0 Å². The van der Waals surface area contributed by atoms with Crippen LogP contribution in [0.15, 0.2) is 60.9 Å². The van der Waals surface area contributed by atoms with E-state index in [0.29, 0.717) is 22.2 Å². The van der Waals surface area contributed by atoms with Crippen molar-refractivity contribution in [1.82, 2.24) is 20.6 Å². The zero-order chi connectivity index (χ0) is 19.2. The highest BCUT2D eigenvalue weighted by Gasteiger charge is 2.11. The van der Waals surface area contributed by atoms with E-state index in [1.165, 1.54) is 6.20 Å². The number of nitrogens with zero attached hydrogens (tertiary/aromatic N) is 2. The van der Waals surface area contributed by atoms with Crippen LogP contribution in [0, 0.1) is 0 Å². The molecule has 8 heteroatoms. The first-order valence-electron chi connectivity index (χ1n) is 8.11. The van der Waals surface area contributed by atoms with Gasteiger partial charge in [-0.2, -0.15) is 5.10 Å². The van der Waals surface area contributed by atoms with Crippen molar-refractivity contribution in [2.45, 2.75) is 13.0 Å². The molecule has 6 nitrogen and oxygen atoms in total. The quantitative estimate of drug-likeness (QED) is 0.643. The van der Waals surface area contributed by atoms with Gasteiger partial charge in [-0.3, -0.25) is 25.1 Å². The van der Waals surface area contributed by atoms with Crippen LogP contribution in [0.25, 0.3) is 0 Å². The molecular formula is C19H16Cl2N4O2. The third-order valence-corrected chi connectivity index (χ3v) is 4.40. The maximum Gasteiger partial charge on any atom is 0.272 e. The fraction of sp³-hybridized carbons (Fsp3) is 0.105. The first kappa shape index (κ1) is 18.9. The van der Waals surface area contributed by atoms with Gasteiger partial charge < -0.3 is 0 Å². The molecule has 2 N–H and O–H groups in total. The Balaban J connectivity index is 1.52. The van der Waals surface area contributed by atoms with Gasteiger partial charge in [-0.1, -0.05) is 53.5 Å². The van der Waals surface area contributed by atoms with Gasteiger partial charge in [0.25, 0.3) is 5.91 Å². The minimum atomic E-state index is -0.454. The molecule has 0 unspecified atom stereocenters. The number of aromatic nitrogens is 2. The number of carbonyl (C=O) groups excluding carboxylic acids is 2. The summed E-state index contributed by atoms with van der Waals surface area (Å²) in [6.07, 6.45) is 3.14. The van der Waals surface area contributed by atoms with Crippen molar-refractivity contribution in [3.63, 3.8) is 0 Å². The van der Waals surface area contributed by atoms with Crippen molar-refractivity contribution in [1.29, 1.82) is 0 Å². The van der Waals surface area contributed by atoms with Crippen LogP contribution in [0.2, 0.25) is 10.0 Å². The largest absolute Gasteiger partial charge is 0.273 e. The van der Waals surface area contributed by atoms with E-state index in [-0.39, 0.29) is 12.3 Å². The van der Waals surface area contributed by atoms with Gasteiger partial charge in [0.1, 0.15) is 0 Å². The van der Waals surface area contributed by atoms with E-state index in [9.17, 15) is 9.59 Å². The topological polar surface area (TPSA) is 76.0 Å². The number of amides is 2. The number of hydrogen-bond acceptors (Lipinski definition) is 3. The Hall–Kier alpha value is -2.83. The fourth-order valence-corrected chi connectivity index (χ4v) is 2.72. The lowest BCUT2D eigenvalue weighted by Crippen LogP contribution is -2.42. The van der Waals surface area contributed by atoms with Crippen LogP contribution < -0.4 is 10.9 Å². The number of halogens is 2. The monoisotopic (exact) mass is 402 g/mol. The lowest BCUT2D eigenvalue weighted by atomic mass is 10.1. The number of hydrazine groups is 1. The smallest absolute Gasteiger partial charge is 0.272 e. The van der Waals surface area contributed by atoms with Gasteiger partial charge in [0.15, 0.2) is 0 Å². The van der Waals surface area contributed by atoms with Gasteiger partial charge in [-0.25, -0.2) is 0 Å². The van der Waals surface area contributed by atoms with Crippen molar-refractivity contribution >= 4 is 35.0 Å². The van der Waals surface area contributed by atoms with Gasteiger partial charge >= 0.3 is 0 Å².